The zero-order chi connectivity index (χ0) is 13.0. The number of thiophene rings is 1. The Kier molecular flexibility index (Phi) is 4.72. The van der Waals surface area contributed by atoms with E-state index in [2.05, 4.69) is 23.0 Å². The molecule has 0 aliphatic heterocycles. The molecule has 0 aliphatic rings. The van der Waals surface area contributed by atoms with Gasteiger partial charge in [-0.3, -0.25) is 9.88 Å². The molecular weight excluding hydrogens is 266 g/mol. The molecule has 2 heterocycles. The summed E-state index contributed by atoms with van der Waals surface area (Å²) in [6, 6.07) is 6.20. The first-order chi connectivity index (χ1) is 8.70. The number of pyridine rings is 1. The first-order valence-corrected chi connectivity index (χ1v) is 6.99. The first-order valence-electron chi connectivity index (χ1n) is 5.74. The Bertz CT molecular complexity index is 486. The van der Waals surface area contributed by atoms with Crippen LogP contribution in [0.5, 0.6) is 0 Å². The molecule has 1 atom stereocenters. The Hall–Kier alpha value is -0.940. The Morgan fingerprint density at radius 3 is 2.94 bits per heavy atom. The van der Waals surface area contributed by atoms with E-state index in [9.17, 15) is 0 Å². The van der Waals surface area contributed by atoms with Crippen LogP contribution in [0.4, 0.5) is 0 Å². The van der Waals surface area contributed by atoms with Crippen molar-refractivity contribution < 1.29 is 0 Å². The van der Waals surface area contributed by atoms with Crippen molar-refractivity contribution in [2.24, 2.45) is 5.73 Å². The number of likely N-dealkylation sites (N-methyl/N-ethyl adjacent to an activating group) is 1. The molecule has 0 aliphatic carbocycles. The van der Waals surface area contributed by atoms with Gasteiger partial charge in [0.05, 0.1) is 11.1 Å². The van der Waals surface area contributed by atoms with Gasteiger partial charge in [-0.25, -0.2) is 0 Å². The van der Waals surface area contributed by atoms with Gasteiger partial charge < -0.3 is 5.73 Å². The van der Waals surface area contributed by atoms with E-state index in [0.29, 0.717) is 6.54 Å². The fourth-order valence-electron chi connectivity index (χ4n) is 1.91. The van der Waals surface area contributed by atoms with E-state index in [0.717, 1.165) is 11.6 Å². The van der Waals surface area contributed by atoms with Gasteiger partial charge in [0.2, 0.25) is 0 Å². The second kappa shape index (κ2) is 6.29. The largest absolute Gasteiger partial charge is 0.329 e. The smallest absolute Gasteiger partial charge is 0.0565 e. The van der Waals surface area contributed by atoms with Gasteiger partial charge in [-0.2, -0.15) is 0 Å². The van der Waals surface area contributed by atoms with Crippen molar-refractivity contribution in [3.05, 3.63) is 51.4 Å². The Morgan fingerprint density at radius 2 is 2.39 bits per heavy atom. The normalized spacial score (nSPS) is 12.9. The molecule has 0 amide bonds. The minimum absolute atomic E-state index is 0.197. The summed E-state index contributed by atoms with van der Waals surface area (Å²) in [7, 11) is 2.07. The van der Waals surface area contributed by atoms with E-state index in [1.54, 1.807) is 17.5 Å². The highest BCUT2D eigenvalue weighted by Crippen LogP contribution is 2.28. The van der Waals surface area contributed by atoms with Crippen molar-refractivity contribution in [3.8, 4) is 0 Å². The van der Waals surface area contributed by atoms with E-state index in [4.69, 9.17) is 17.3 Å². The van der Waals surface area contributed by atoms with Gasteiger partial charge in [0, 0.05) is 35.7 Å². The SMILES string of the molecule is CN(Cc1cccnc1)C(CN)c1cc(Cl)cs1. The van der Waals surface area contributed by atoms with Crippen LogP contribution in [-0.2, 0) is 6.54 Å². The van der Waals surface area contributed by atoms with E-state index >= 15 is 0 Å². The maximum atomic E-state index is 5.97. The van der Waals surface area contributed by atoms with Crippen molar-refractivity contribution in [2.45, 2.75) is 12.6 Å². The number of nitrogens with zero attached hydrogens (tertiary/aromatic N) is 2. The maximum Gasteiger partial charge on any atom is 0.0565 e. The van der Waals surface area contributed by atoms with Crippen LogP contribution < -0.4 is 5.73 Å². The highest BCUT2D eigenvalue weighted by Gasteiger charge is 2.17. The van der Waals surface area contributed by atoms with Gasteiger partial charge in [0.1, 0.15) is 0 Å². The Balaban J connectivity index is 2.08. The third kappa shape index (κ3) is 3.29. The van der Waals surface area contributed by atoms with Gasteiger partial charge in [-0.1, -0.05) is 17.7 Å². The molecule has 3 nitrogen and oxygen atoms in total. The Labute approximate surface area is 116 Å². The summed E-state index contributed by atoms with van der Waals surface area (Å²) >= 11 is 7.62. The molecule has 0 spiro atoms. The van der Waals surface area contributed by atoms with Crippen LogP contribution in [0, 0.1) is 0 Å². The molecule has 2 aromatic rings. The molecule has 5 heteroatoms. The summed E-state index contributed by atoms with van der Waals surface area (Å²) in [5.74, 6) is 0. The number of hydrogen-bond acceptors (Lipinski definition) is 4. The zero-order valence-corrected chi connectivity index (χ0v) is 11.8. The van der Waals surface area contributed by atoms with Crippen LogP contribution in [0.3, 0.4) is 0 Å². The minimum atomic E-state index is 0.197. The van der Waals surface area contributed by atoms with Crippen molar-refractivity contribution in [1.82, 2.24) is 9.88 Å². The maximum absolute atomic E-state index is 5.97. The topological polar surface area (TPSA) is 42.2 Å². The van der Waals surface area contributed by atoms with E-state index in [1.807, 2.05) is 23.7 Å². The van der Waals surface area contributed by atoms with E-state index in [1.165, 1.54) is 10.4 Å². The fourth-order valence-corrected chi connectivity index (χ4v) is 3.17. The number of aromatic nitrogens is 1. The second-order valence-electron chi connectivity index (χ2n) is 4.20. The standard InChI is InChI=1S/C13H16ClN3S/c1-17(8-10-3-2-4-16-7-10)12(6-15)13-5-11(14)9-18-13/h2-5,7,9,12H,6,8,15H2,1H3. The molecular formula is C13H16ClN3S. The molecule has 1 unspecified atom stereocenters. The average molecular weight is 282 g/mol. The van der Waals surface area contributed by atoms with Crippen molar-refractivity contribution in [2.75, 3.05) is 13.6 Å². The molecule has 0 radical (unpaired) electrons. The van der Waals surface area contributed by atoms with Gasteiger partial charge in [-0.15, -0.1) is 11.3 Å². The highest BCUT2D eigenvalue weighted by molar-refractivity contribution is 7.10. The predicted molar refractivity (Wildman–Crippen MR) is 76.8 cm³/mol. The number of hydrogen-bond donors (Lipinski definition) is 1. The molecule has 96 valence electrons. The monoisotopic (exact) mass is 281 g/mol. The lowest BCUT2D eigenvalue weighted by Gasteiger charge is -2.25. The van der Waals surface area contributed by atoms with E-state index in [-0.39, 0.29) is 6.04 Å². The van der Waals surface area contributed by atoms with Crippen LogP contribution in [0.1, 0.15) is 16.5 Å². The third-order valence-corrected chi connectivity index (χ3v) is 4.21. The van der Waals surface area contributed by atoms with Gasteiger partial charge in [0.25, 0.3) is 0 Å². The molecule has 18 heavy (non-hydrogen) atoms. The van der Waals surface area contributed by atoms with E-state index < -0.39 is 0 Å². The van der Waals surface area contributed by atoms with Gasteiger partial charge >= 0.3 is 0 Å². The quantitative estimate of drug-likeness (QED) is 0.916. The summed E-state index contributed by atoms with van der Waals surface area (Å²) in [5.41, 5.74) is 7.06. The number of rotatable bonds is 5. The minimum Gasteiger partial charge on any atom is -0.329 e. The van der Waals surface area contributed by atoms with Crippen LogP contribution >= 0.6 is 22.9 Å². The van der Waals surface area contributed by atoms with Crippen LogP contribution in [-0.4, -0.2) is 23.5 Å². The van der Waals surface area contributed by atoms with Gasteiger partial charge in [0.15, 0.2) is 0 Å². The zero-order valence-electron chi connectivity index (χ0n) is 10.2. The first kappa shape index (κ1) is 13.5. The summed E-state index contributed by atoms with van der Waals surface area (Å²) < 4.78 is 0. The summed E-state index contributed by atoms with van der Waals surface area (Å²) in [4.78, 5) is 7.55. The summed E-state index contributed by atoms with van der Waals surface area (Å²) in [6.45, 7) is 1.40. The van der Waals surface area contributed by atoms with Gasteiger partial charge in [-0.05, 0) is 24.7 Å². The summed E-state index contributed by atoms with van der Waals surface area (Å²) in [5, 5.41) is 2.72. The van der Waals surface area contributed by atoms with Crippen LogP contribution in [0.15, 0.2) is 36.0 Å². The average Bonchev–Trinajstić information content (AvgIpc) is 2.78. The molecule has 2 rings (SSSR count). The van der Waals surface area contributed by atoms with Crippen molar-refractivity contribution in [1.29, 1.82) is 0 Å². The fraction of sp³-hybridized carbons (Fsp3) is 0.308. The molecule has 0 saturated heterocycles. The molecule has 0 bridgehead atoms. The number of halogens is 1. The number of nitrogens with two attached hydrogens (primary N) is 1. The predicted octanol–water partition coefficient (Wildman–Crippen LogP) is 2.93. The molecule has 0 fully saturated rings. The van der Waals surface area contributed by atoms with Crippen molar-refractivity contribution in [3.63, 3.8) is 0 Å². The van der Waals surface area contributed by atoms with Crippen molar-refractivity contribution >= 4 is 22.9 Å². The second-order valence-corrected chi connectivity index (χ2v) is 5.57. The lowest BCUT2D eigenvalue weighted by Crippen LogP contribution is -2.29. The van der Waals surface area contributed by atoms with Crippen LogP contribution in [0.25, 0.3) is 0 Å². The van der Waals surface area contributed by atoms with Crippen LogP contribution in [0.2, 0.25) is 5.02 Å². The molecule has 0 saturated carbocycles. The lowest BCUT2D eigenvalue weighted by atomic mass is 10.2. The molecule has 2 N–H and O–H groups in total. The Morgan fingerprint density at radius 1 is 1.56 bits per heavy atom. The lowest BCUT2D eigenvalue weighted by molar-refractivity contribution is 0.245. The summed E-state index contributed by atoms with van der Waals surface area (Å²) in [6.07, 6.45) is 3.66. The third-order valence-electron chi connectivity index (χ3n) is 2.83. The highest BCUT2D eigenvalue weighted by atomic mass is 35.5. The molecule has 2 aromatic heterocycles. The molecule has 0 aromatic carbocycles.